The smallest absolute Gasteiger partial charge is 0.183 e. The van der Waals surface area contributed by atoms with Crippen LogP contribution >= 0.6 is 11.3 Å². The molecule has 1 fully saturated rings. The van der Waals surface area contributed by atoms with Crippen LogP contribution in [0.2, 0.25) is 0 Å². The predicted octanol–water partition coefficient (Wildman–Crippen LogP) is 3.26. The molecule has 0 radical (unpaired) electrons. The fourth-order valence-electron chi connectivity index (χ4n) is 1.62. The highest BCUT2D eigenvalue weighted by Gasteiger charge is 2.22. The Morgan fingerprint density at radius 1 is 1.41 bits per heavy atom. The maximum atomic E-state index is 8.86. The lowest BCUT2D eigenvalue weighted by molar-refractivity contribution is 1.14. The minimum atomic E-state index is 0.624. The topological polar surface area (TPSA) is 48.7 Å². The molecule has 84 valence electrons. The Bertz CT molecular complexity index is 578. The normalized spacial score (nSPS) is 14.3. The van der Waals surface area contributed by atoms with E-state index < -0.39 is 0 Å². The molecule has 0 bridgehead atoms. The average molecular weight is 241 g/mol. The van der Waals surface area contributed by atoms with Gasteiger partial charge >= 0.3 is 0 Å². The first kappa shape index (κ1) is 10.3. The van der Waals surface area contributed by atoms with Gasteiger partial charge in [0, 0.05) is 17.0 Å². The molecule has 1 aromatic heterocycles. The second-order valence-corrected chi connectivity index (χ2v) is 5.01. The van der Waals surface area contributed by atoms with Crippen LogP contribution in [0.15, 0.2) is 29.6 Å². The largest absolute Gasteiger partial charge is 0.359 e. The highest BCUT2D eigenvalue weighted by molar-refractivity contribution is 7.14. The molecule has 1 aliphatic carbocycles. The van der Waals surface area contributed by atoms with Crippen molar-refractivity contribution in [3.8, 4) is 17.3 Å². The van der Waals surface area contributed by atoms with E-state index in [1.165, 1.54) is 12.8 Å². The number of nitrogens with zero attached hydrogens (tertiary/aromatic N) is 2. The SMILES string of the molecule is N#Cc1cccc(-c2csc(NC3CC3)n2)c1. The first-order valence-corrected chi connectivity index (χ1v) is 6.46. The summed E-state index contributed by atoms with van der Waals surface area (Å²) in [6.45, 7) is 0. The van der Waals surface area contributed by atoms with E-state index >= 15 is 0 Å². The number of hydrogen-bond donors (Lipinski definition) is 1. The zero-order chi connectivity index (χ0) is 11.7. The number of benzene rings is 1. The van der Waals surface area contributed by atoms with Crippen molar-refractivity contribution >= 4 is 16.5 Å². The molecule has 0 aliphatic heterocycles. The minimum Gasteiger partial charge on any atom is -0.359 e. The summed E-state index contributed by atoms with van der Waals surface area (Å²) in [5.41, 5.74) is 2.62. The zero-order valence-corrected chi connectivity index (χ0v) is 10.00. The number of rotatable bonds is 3. The van der Waals surface area contributed by atoms with E-state index in [9.17, 15) is 0 Å². The lowest BCUT2D eigenvalue weighted by atomic mass is 10.1. The summed E-state index contributed by atoms with van der Waals surface area (Å²) in [6, 6.07) is 10.3. The maximum absolute atomic E-state index is 8.86. The molecular formula is C13H11N3S. The van der Waals surface area contributed by atoms with Gasteiger partial charge in [-0.1, -0.05) is 12.1 Å². The molecule has 0 amide bonds. The number of thiazole rings is 1. The third-order valence-electron chi connectivity index (χ3n) is 2.70. The van der Waals surface area contributed by atoms with Gasteiger partial charge in [-0.2, -0.15) is 5.26 Å². The van der Waals surface area contributed by atoms with E-state index in [1.807, 2.05) is 23.6 Å². The highest BCUT2D eigenvalue weighted by atomic mass is 32.1. The molecule has 1 N–H and O–H groups in total. The first-order chi connectivity index (χ1) is 8.35. The first-order valence-electron chi connectivity index (χ1n) is 5.58. The van der Waals surface area contributed by atoms with Gasteiger partial charge in [0.05, 0.1) is 17.3 Å². The molecule has 2 aromatic rings. The molecule has 1 saturated carbocycles. The van der Waals surface area contributed by atoms with E-state index in [4.69, 9.17) is 5.26 Å². The van der Waals surface area contributed by atoms with Crippen LogP contribution in [0.25, 0.3) is 11.3 Å². The highest BCUT2D eigenvalue weighted by Crippen LogP contribution is 2.29. The number of nitrogens with one attached hydrogen (secondary N) is 1. The standard InChI is InChI=1S/C13H11N3S/c14-7-9-2-1-3-10(6-9)12-8-17-13(16-12)15-11-4-5-11/h1-3,6,8,11H,4-5H2,(H,15,16). The van der Waals surface area contributed by atoms with Crippen LogP contribution in [0.4, 0.5) is 5.13 Å². The molecule has 17 heavy (non-hydrogen) atoms. The van der Waals surface area contributed by atoms with Gasteiger partial charge in [-0.25, -0.2) is 4.98 Å². The summed E-state index contributed by atoms with van der Waals surface area (Å²) in [6.07, 6.45) is 2.50. The van der Waals surface area contributed by atoms with Crippen LogP contribution in [0.1, 0.15) is 18.4 Å². The Balaban J connectivity index is 1.86. The van der Waals surface area contributed by atoms with Crippen LogP contribution in [0.5, 0.6) is 0 Å². The van der Waals surface area contributed by atoms with Gasteiger partial charge in [0.15, 0.2) is 5.13 Å². The van der Waals surface area contributed by atoms with Crippen LogP contribution < -0.4 is 5.32 Å². The van der Waals surface area contributed by atoms with Gasteiger partial charge in [0.2, 0.25) is 0 Å². The van der Waals surface area contributed by atoms with Gasteiger partial charge < -0.3 is 5.32 Å². The van der Waals surface area contributed by atoms with E-state index in [0.717, 1.165) is 16.4 Å². The molecule has 0 spiro atoms. The number of anilines is 1. The van der Waals surface area contributed by atoms with Gasteiger partial charge in [0.25, 0.3) is 0 Å². The number of nitriles is 1. The second-order valence-electron chi connectivity index (χ2n) is 4.15. The summed E-state index contributed by atoms with van der Waals surface area (Å²) in [5.74, 6) is 0. The van der Waals surface area contributed by atoms with Crippen molar-refractivity contribution in [2.24, 2.45) is 0 Å². The van der Waals surface area contributed by atoms with E-state index in [0.29, 0.717) is 11.6 Å². The molecule has 1 heterocycles. The molecular weight excluding hydrogens is 230 g/mol. The molecule has 3 rings (SSSR count). The minimum absolute atomic E-state index is 0.624. The molecule has 0 unspecified atom stereocenters. The Morgan fingerprint density at radius 2 is 2.29 bits per heavy atom. The second kappa shape index (κ2) is 4.19. The van der Waals surface area contributed by atoms with Crippen molar-refractivity contribution in [1.82, 2.24) is 4.98 Å². The summed E-state index contributed by atoms with van der Waals surface area (Å²) in [4.78, 5) is 4.53. The van der Waals surface area contributed by atoms with Crippen LogP contribution in [-0.4, -0.2) is 11.0 Å². The number of aromatic nitrogens is 1. The number of hydrogen-bond acceptors (Lipinski definition) is 4. The van der Waals surface area contributed by atoms with Gasteiger partial charge in [0.1, 0.15) is 0 Å². The van der Waals surface area contributed by atoms with E-state index in [1.54, 1.807) is 17.4 Å². The Hall–Kier alpha value is -1.86. The maximum Gasteiger partial charge on any atom is 0.183 e. The van der Waals surface area contributed by atoms with E-state index in [2.05, 4.69) is 16.4 Å². The van der Waals surface area contributed by atoms with Crippen molar-refractivity contribution in [3.63, 3.8) is 0 Å². The Kier molecular flexibility index (Phi) is 2.54. The average Bonchev–Trinajstić information content (AvgIpc) is 3.05. The summed E-state index contributed by atoms with van der Waals surface area (Å²) in [7, 11) is 0. The Morgan fingerprint density at radius 3 is 3.06 bits per heavy atom. The fraction of sp³-hybridized carbons (Fsp3) is 0.231. The van der Waals surface area contributed by atoms with Gasteiger partial charge in [-0.3, -0.25) is 0 Å². The third kappa shape index (κ3) is 2.29. The molecule has 0 atom stereocenters. The zero-order valence-electron chi connectivity index (χ0n) is 9.18. The summed E-state index contributed by atoms with van der Waals surface area (Å²) in [5, 5.41) is 15.2. The van der Waals surface area contributed by atoms with Crippen molar-refractivity contribution < 1.29 is 0 Å². The van der Waals surface area contributed by atoms with E-state index in [-0.39, 0.29) is 0 Å². The molecule has 0 saturated heterocycles. The van der Waals surface area contributed by atoms with Crippen LogP contribution in [0, 0.1) is 11.3 Å². The predicted molar refractivity (Wildman–Crippen MR) is 68.9 cm³/mol. The van der Waals surface area contributed by atoms with Gasteiger partial charge in [-0.15, -0.1) is 11.3 Å². The van der Waals surface area contributed by atoms with Crippen molar-refractivity contribution in [2.75, 3.05) is 5.32 Å². The summed E-state index contributed by atoms with van der Waals surface area (Å²) >= 11 is 1.62. The van der Waals surface area contributed by atoms with Crippen LogP contribution in [-0.2, 0) is 0 Å². The molecule has 1 aliphatic rings. The summed E-state index contributed by atoms with van der Waals surface area (Å²) < 4.78 is 0. The van der Waals surface area contributed by atoms with Crippen molar-refractivity contribution in [1.29, 1.82) is 5.26 Å². The molecule has 3 nitrogen and oxygen atoms in total. The van der Waals surface area contributed by atoms with Crippen molar-refractivity contribution in [3.05, 3.63) is 35.2 Å². The van der Waals surface area contributed by atoms with Crippen molar-refractivity contribution in [2.45, 2.75) is 18.9 Å². The van der Waals surface area contributed by atoms with Crippen LogP contribution in [0.3, 0.4) is 0 Å². The third-order valence-corrected chi connectivity index (χ3v) is 3.47. The lowest BCUT2D eigenvalue weighted by Crippen LogP contribution is -1.99. The molecule has 1 aromatic carbocycles. The van der Waals surface area contributed by atoms with Gasteiger partial charge in [-0.05, 0) is 25.0 Å². The fourth-order valence-corrected chi connectivity index (χ4v) is 2.42. The quantitative estimate of drug-likeness (QED) is 0.897. The molecule has 4 heteroatoms. The Labute approximate surface area is 104 Å². The lowest BCUT2D eigenvalue weighted by Gasteiger charge is -1.98. The monoisotopic (exact) mass is 241 g/mol.